The topological polar surface area (TPSA) is 20.2 Å². The van der Waals surface area contributed by atoms with E-state index in [1.54, 1.807) is 0 Å². The maximum atomic E-state index is 11.1. The summed E-state index contributed by atoms with van der Waals surface area (Å²) in [5.74, 6) is 0.385. The summed E-state index contributed by atoms with van der Waals surface area (Å²) in [6.45, 7) is 2.19. The fourth-order valence-electron chi connectivity index (χ4n) is 3.99. The molecular formula is C28H26O. The van der Waals surface area contributed by atoms with Crippen molar-refractivity contribution in [1.82, 2.24) is 0 Å². The quantitative estimate of drug-likeness (QED) is 0.364. The number of phenols is 1. The molecule has 0 saturated carbocycles. The van der Waals surface area contributed by atoms with Crippen molar-refractivity contribution in [1.29, 1.82) is 0 Å². The molecule has 4 aromatic carbocycles. The third-order valence-corrected chi connectivity index (χ3v) is 5.40. The summed E-state index contributed by atoms with van der Waals surface area (Å²) in [6, 6.07) is 33.3. The van der Waals surface area contributed by atoms with E-state index in [1.165, 1.54) is 11.1 Å². The maximum absolute atomic E-state index is 11.1. The maximum Gasteiger partial charge on any atom is 0.120 e. The van der Waals surface area contributed by atoms with Crippen molar-refractivity contribution in [3.63, 3.8) is 0 Å². The van der Waals surface area contributed by atoms with E-state index in [2.05, 4.69) is 67.6 Å². The number of hydrogen-bond donors (Lipinski definition) is 1. The fourth-order valence-corrected chi connectivity index (χ4v) is 3.99. The average molecular weight is 379 g/mol. The average Bonchev–Trinajstić information content (AvgIpc) is 2.79. The van der Waals surface area contributed by atoms with Gasteiger partial charge in [-0.1, -0.05) is 104 Å². The molecule has 0 saturated heterocycles. The number of rotatable bonds is 6. The largest absolute Gasteiger partial charge is 0.508 e. The molecule has 0 unspecified atom stereocenters. The van der Waals surface area contributed by atoms with Crippen molar-refractivity contribution in [3.8, 4) is 39.1 Å². The highest BCUT2D eigenvalue weighted by atomic mass is 16.3. The van der Waals surface area contributed by atoms with Gasteiger partial charge in [0, 0.05) is 5.56 Å². The summed E-state index contributed by atoms with van der Waals surface area (Å²) in [4.78, 5) is 0. The Balaban J connectivity index is 2.10. The van der Waals surface area contributed by atoms with Crippen molar-refractivity contribution >= 4 is 0 Å². The van der Waals surface area contributed by atoms with Gasteiger partial charge in [-0.2, -0.15) is 0 Å². The second-order valence-electron chi connectivity index (χ2n) is 7.37. The SMILES string of the molecule is CCCCc1c(O)cc(-c2ccccc2)c(-c2ccccc2)c1-c1ccccc1. The van der Waals surface area contributed by atoms with Gasteiger partial charge in [0.05, 0.1) is 0 Å². The van der Waals surface area contributed by atoms with Crippen LogP contribution in [-0.2, 0) is 6.42 Å². The minimum Gasteiger partial charge on any atom is -0.508 e. The zero-order valence-electron chi connectivity index (χ0n) is 16.8. The van der Waals surface area contributed by atoms with Crippen molar-refractivity contribution in [2.75, 3.05) is 0 Å². The molecule has 0 fully saturated rings. The first-order valence-electron chi connectivity index (χ1n) is 10.3. The van der Waals surface area contributed by atoms with Crippen LogP contribution in [0.1, 0.15) is 25.3 Å². The molecule has 0 amide bonds. The zero-order valence-corrected chi connectivity index (χ0v) is 16.8. The molecule has 0 radical (unpaired) electrons. The number of aromatic hydroxyl groups is 1. The van der Waals surface area contributed by atoms with Gasteiger partial charge in [0.15, 0.2) is 0 Å². The van der Waals surface area contributed by atoms with Gasteiger partial charge in [-0.15, -0.1) is 0 Å². The normalized spacial score (nSPS) is 10.8. The second-order valence-corrected chi connectivity index (χ2v) is 7.37. The molecule has 0 heterocycles. The van der Waals surface area contributed by atoms with E-state index < -0.39 is 0 Å². The summed E-state index contributed by atoms with van der Waals surface area (Å²) in [7, 11) is 0. The Morgan fingerprint density at radius 1 is 0.621 bits per heavy atom. The Bertz CT molecular complexity index is 1070. The first-order chi connectivity index (χ1) is 14.3. The minimum atomic E-state index is 0.385. The molecule has 0 aliphatic rings. The van der Waals surface area contributed by atoms with Gasteiger partial charge in [-0.3, -0.25) is 0 Å². The van der Waals surface area contributed by atoms with Crippen LogP contribution in [0.3, 0.4) is 0 Å². The molecule has 0 bridgehead atoms. The third-order valence-electron chi connectivity index (χ3n) is 5.40. The highest BCUT2D eigenvalue weighted by Crippen LogP contribution is 2.46. The highest BCUT2D eigenvalue weighted by Gasteiger charge is 2.21. The number of hydrogen-bond acceptors (Lipinski definition) is 1. The van der Waals surface area contributed by atoms with Gasteiger partial charge in [-0.25, -0.2) is 0 Å². The smallest absolute Gasteiger partial charge is 0.120 e. The molecule has 29 heavy (non-hydrogen) atoms. The predicted molar refractivity (Wildman–Crippen MR) is 123 cm³/mol. The monoisotopic (exact) mass is 378 g/mol. The Morgan fingerprint density at radius 3 is 1.62 bits per heavy atom. The Kier molecular flexibility index (Phi) is 5.76. The molecule has 1 heteroatoms. The van der Waals surface area contributed by atoms with Crippen LogP contribution in [0.25, 0.3) is 33.4 Å². The molecule has 1 N–H and O–H groups in total. The molecule has 0 aliphatic carbocycles. The molecule has 0 aliphatic heterocycles. The van der Waals surface area contributed by atoms with Gasteiger partial charge >= 0.3 is 0 Å². The molecular weight excluding hydrogens is 352 g/mol. The van der Waals surface area contributed by atoms with E-state index in [9.17, 15) is 5.11 Å². The molecule has 0 aromatic heterocycles. The van der Waals surface area contributed by atoms with Gasteiger partial charge in [-0.05, 0) is 52.3 Å². The van der Waals surface area contributed by atoms with Gasteiger partial charge in [0.25, 0.3) is 0 Å². The Labute approximate surface area is 173 Å². The summed E-state index contributed by atoms with van der Waals surface area (Å²) in [5, 5.41) is 11.1. The molecule has 4 rings (SSSR count). The first-order valence-corrected chi connectivity index (χ1v) is 10.3. The van der Waals surface area contributed by atoms with Crippen LogP contribution in [0.2, 0.25) is 0 Å². The molecule has 144 valence electrons. The summed E-state index contributed by atoms with van der Waals surface area (Å²) < 4.78 is 0. The van der Waals surface area contributed by atoms with Crippen molar-refractivity contribution in [2.24, 2.45) is 0 Å². The summed E-state index contributed by atoms with van der Waals surface area (Å²) >= 11 is 0. The Morgan fingerprint density at radius 2 is 1.10 bits per heavy atom. The standard InChI is InChI=1S/C28H26O/c1-2-3-19-24-26(29)20-25(21-13-7-4-8-14-21)28(23-17-11-6-12-18-23)27(24)22-15-9-5-10-16-22/h4-18,20,29H,2-3,19H2,1H3. The first kappa shape index (κ1) is 19.0. The molecule has 1 nitrogen and oxygen atoms in total. The van der Waals surface area contributed by atoms with Crippen molar-refractivity contribution < 1.29 is 5.11 Å². The lowest BCUT2D eigenvalue weighted by molar-refractivity contribution is 0.467. The van der Waals surface area contributed by atoms with Gasteiger partial charge < -0.3 is 5.11 Å². The predicted octanol–water partition coefficient (Wildman–Crippen LogP) is 7.74. The molecule has 0 spiro atoms. The van der Waals surface area contributed by atoms with E-state index >= 15 is 0 Å². The number of unbranched alkanes of at least 4 members (excludes halogenated alkanes) is 1. The lowest BCUT2D eigenvalue weighted by Crippen LogP contribution is -1.98. The van der Waals surface area contributed by atoms with Crippen LogP contribution >= 0.6 is 0 Å². The van der Waals surface area contributed by atoms with E-state index in [0.29, 0.717) is 5.75 Å². The van der Waals surface area contributed by atoms with Crippen LogP contribution in [0.4, 0.5) is 0 Å². The number of phenolic OH excluding ortho intramolecular Hbond substituents is 1. The van der Waals surface area contributed by atoms with Crippen molar-refractivity contribution in [3.05, 3.63) is 103 Å². The van der Waals surface area contributed by atoms with Gasteiger partial charge in [0.1, 0.15) is 5.75 Å². The van der Waals surface area contributed by atoms with Crippen LogP contribution in [0, 0.1) is 0 Å². The van der Waals surface area contributed by atoms with Crippen LogP contribution in [0.5, 0.6) is 5.75 Å². The van der Waals surface area contributed by atoms with Gasteiger partial charge in [0.2, 0.25) is 0 Å². The lowest BCUT2D eigenvalue weighted by Gasteiger charge is -2.21. The van der Waals surface area contributed by atoms with E-state index in [4.69, 9.17) is 0 Å². The lowest BCUT2D eigenvalue weighted by atomic mass is 9.83. The van der Waals surface area contributed by atoms with E-state index in [1.807, 2.05) is 36.4 Å². The summed E-state index contributed by atoms with van der Waals surface area (Å²) in [5.41, 5.74) is 7.86. The fraction of sp³-hybridized carbons (Fsp3) is 0.143. The Hall–Kier alpha value is -3.32. The van der Waals surface area contributed by atoms with E-state index in [-0.39, 0.29) is 0 Å². The molecule has 4 aromatic rings. The minimum absolute atomic E-state index is 0.385. The van der Waals surface area contributed by atoms with E-state index in [0.717, 1.165) is 47.1 Å². The number of benzene rings is 4. The summed E-state index contributed by atoms with van der Waals surface area (Å²) in [6.07, 6.45) is 3.00. The highest BCUT2D eigenvalue weighted by molar-refractivity contribution is 5.97. The van der Waals surface area contributed by atoms with Crippen molar-refractivity contribution in [2.45, 2.75) is 26.2 Å². The third kappa shape index (κ3) is 3.95. The molecule has 0 atom stereocenters. The van der Waals surface area contributed by atoms with Crippen LogP contribution < -0.4 is 0 Å². The zero-order chi connectivity index (χ0) is 20.1. The van der Waals surface area contributed by atoms with Crippen LogP contribution in [-0.4, -0.2) is 5.11 Å². The second kappa shape index (κ2) is 8.79. The van der Waals surface area contributed by atoms with Crippen LogP contribution in [0.15, 0.2) is 97.1 Å².